The lowest BCUT2D eigenvalue weighted by atomic mass is 10.2. The number of thioether (sulfide) groups is 1. The highest BCUT2D eigenvalue weighted by Crippen LogP contribution is 2.43. The third-order valence-corrected chi connectivity index (χ3v) is 5.08. The molecule has 2 aromatic carbocycles. The van der Waals surface area contributed by atoms with Crippen molar-refractivity contribution in [3.8, 4) is 0 Å². The van der Waals surface area contributed by atoms with Gasteiger partial charge in [0.2, 0.25) is 0 Å². The second-order valence-electron chi connectivity index (χ2n) is 5.64. The van der Waals surface area contributed by atoms with Crippen molar-refractivity contribution in [1.82, 2.24) is 0 Å². The number of hydrogen-bond donors (Lipinski definition) is 0. The van der Waals surface area contributed by atoms with Crippen molar-refractivity contribution in [2.75, 3.05) is 0 Å². The minimum absolute atomic E-state index is 0.0408. The van der Waals surface area contributed by atoms with Crippen LogP contribution in [0.3, 0.4) is 0 Å². The van der Waals surface area contributed by atoms with Gasteiger partial charge in [-0.1, -0.05) is 30.0 Å². The Kier molecular flexibility index (Phi) is 5.22. The van der Waals surface area contributed by atoms with E-state index in [4.69, 9.17) is 9.47 Å². The highest BCUT2D eigenvalue weighted by Gasteiger charge is 2.50. The predicted molar refractivity (Wildman–Crippen MR) is 93.2 cm³/mol. The quantitative estimate of drug-likeness (QED) is 0.434. The van der Waals surface area contributed by atoms with E-state index < -0.39 is 21.8 Å². The number of carbonyl (C=O) groups excluding carboxylic acids is 2. The monoisotopic (exact) mass is 373 g/mol. The first-order valence-electron chi connectivity index (χ1n) is 7.85. The highest BCUT2D eigenvalue weighted by atomic mass is 32.2. The summed E-state index contributed by atoms with van der Waals surface area (Å²) < 4.78 is 10.6. The molecule has 0 radical (unpaired) electrons. The van der Waals surface area contributed by atoms with Crippen LogP contribution >= 0.6 is 11.8 Å². The van der Waals surface area contributed by atoms with Gasteiger partial charge in [-0.25, -0.2) is 4.79 Å². The van der Waals surface area contributed by atoms with Gasteiger partial charge in [0, 0.05) is 23.4 Å². The molecule has 7 nitrogen and oxygen atoms in total. The van der Waals surface area contributed by atoms with E-state index in [0.717, 1.165) is 16.7 Å². The fourth-order valence-corrected chi connectivity index (χ4v) is 3.62. The number of nitro benzene ring substituents is 1. The number of esters is 2. The molecule has 0 saturated carbocycles. The van der Waals surface area contributed by atoms with Crippen LogP contribution in [0.4, 0.5) is 5.69 Å². The molecule has 1 atom stereocenters. The van der Waals surface area contributed by atoms with Crippen LogP contribution < -0.4 is 0 Å². The molecule has 1 heterocycles. The average Bonchev–Trinajstić information content (AvgIpc) is 3.02. The summed E-state index contributed by atoms with van der Waals surface area (Å²) in [7, 11) is 0. The summed E-state index contributed by atoms with van der Waals surface area (Å²) in [5.41, 5.74) is 0.564. The summed E-state index contributed by atoms with van der Waals surface area (Å²) in [5.74, 6) is -1.09. The maximum absolute atomic E-state index is 12.6. The summed E-state index contributed by atoms with van der Waals surface area (Å²) in [5, 5.41) is 10.7. The number of cyclic esters (lactones) is 1. The largest absolute Gasteiger partial charge is 0.457 e. The van der Waals surface area contributed by atoms with Gasteiger partial charge in [-0.2, -0.15) is 0 Å². The van der Waals surface area contributed by atoms with Crippen LogP contribution in [-0.2, 0) is 25.7 Å². The van der Waals surface area contributed by atoms with Gasteiger partial charge in [0.05, 0.1) is 11.3 Å². The molecule has 3 rings (SSSR count). The smallest absolute Gasteiger partial charge is 0.362 e. The third kappa shape index (κ3) is 4.02. The minimum Gasteiger partial charge on any atom is -0.457 e. The van der Waals surface area contributed by atoms with Crippen molar-refractivity contribution >= 4 is 29.4 Å². The van der Waals surface area contributed by atoms with E-state index in [9.17, 15) is 19.7 Å². The van der Waals surface area contributed by atoms with E-state index in [-0.39, 0.29) is 25.1 Å². The van der Waals surface area contributed by atoms with Gasteiger partial charge in [0.25, 0.3) is 10.6 Å². The van der Waals surface area contributed by atoms with Crippen molar-refractivity contribution in [3.05, 3.63) is 70.3 Å². The predicted octanol–water partition coefficient (Wildman–Crippen LogP) is 3.46. The number of non-ortho nitro benzene ring substituents is 1. The molecule has 1 fully saturated rings. The lowest BCUT2D eigenvalue weighted by molar-refractivity contribution is -0.384. The van der Waals surface area contributed by atoms with E-state index in [0.29, 0.717) is 5.56 Å². The van der Waals surface area contributed by atoms with Gasteiger partial charge in [-0.15, -0.1) is 0 Å². The molecule has 2 aromatic rings. The van der Waals surface area contributed by atoms with Crippen LogP contribution in [0.5, 0.6) is 0 Å². The molecule has 1 saturated heterocycles. The minimum atomic E-state index is -1.40. The van der Waals surface area contributed by atoms with Crippen molar-refractivity contribution in [3.63, 3.8) is 0 Å². The van der Waals surface area contributed by atoms with E-state index in [1.54, 1.807) is 0 Å². The lowest BCUT2D eigenvalue weighted by Gasteiger charge is -2.24. The zero-order valence-electron chi connectivity index (χ0n) is 13.6. The summed E-state index contributed by atoms with van der Waals surface area (Å²) >= 11 is 1.15. The Bertz CT molecular complexity index is 823. The molecule has 1 aliphatic heterocycles. The fraction of sp³-hybridized carbons (Fsp3) is 0.222. The molecule has 0 amide bonds. The number of carbonyl (C=O) groups is 2. The molecular formula is C18H15NO6S. The van der Waals surface area contributed by atoms with Crippen LogP contribution in [-0.4, -0.2) is 21.8 Å². The van der Waals surface area contributed by atoms with Crippen LogP contribution in [0, 0.1) is 10.1 Å². The lowest BCUT2D eigenvalue weighted by Crippen LogP contribution is -2.36. The molecule has 1 unspecified atom stereocenters. The van der Waals surface area contributed by atoms with Gasteiger partial charge in [0.1, 0.15) is 6.61 Å². The number of rotatable bonds is 6. The van der Waals surface area contributed by atoms with Crippen molar-refractivity contribution in [2.45, 2.75) is 29.3 Å². The second-order valence-corrected chi connectivity index (χ2v) is 6.98. The Morgan fingerprint density at radius 2 is 1.88 bits per heavy atom. The SMILES string of the molecule is O=C1CCC(Sc2ccccc2)(C(=O)OCc2ccc([N+](=O)[O-])cc2)O1. The van der Waals surface area contributed by atoms with Crippen molar-refractivity contribution < 1.29 is 24.0 Å². The first kappa shape index (κ1) is 17.9. The normalized spacial score (nSPS) is 19.0. The van der Waals surface area contributed by atoms with Crippen LogP contribution in [0.2, 0.25) is 0 Å². The summed E-state index contributed by atoms with van der Waals surface area (Å²) in [4.78, 5) is 33.8. The number of hydrogen-bond acceptors (Lipinski definition) is 7. The van der Waals surface area contributed by atoms with Gasteiger partial charge in [-0.05, 0) is 29.8 Å². The maximum atomic E-state index is 12.6. The van der Waals surface area contributed by atoms with Crippen LogP contribution in [0.15, 0.2) is 59.5 Å². The number of nitro groups is 1. The molecule has 0 bridgehead atoms. The summed E-state index contributed by atoms with van der Waals surface area (Å²) in [6.45, 7) is -0.0640. The molecule has 0 aliphatic carbocycles. The van der Waals surface area contributed by atoms with E-state index in [1.807, 2.05) is 30.3 Å². The Labute approximate surface area is 153 Å². The van der Waals surface area contributed by atoms with E-state index in [1.165, 1.54) is 24.3 Å². The second kappa shape index (κ2) is 7.57. The number of benzene rings is 2. The van der Waals surface area contributed by atoms with Crippen LogP contribution in [0.1, 0.15) is 18.4 Å². The molecule has 0 aromatic heterocycles. The van der Waals surface area contributed by atoms with Gasteiger partial charge in [0.15, 0.2) is 0 Å². The molecule has 134 valence electrons. The highest BCUT2D eigenvalue weighted by molar-refractivity contribution is 8.01. The first-order chi connectivity index (χ1) is 12.5. The molecule has 0 spiro atoms. The standard InChI is InChI=1S/C18H15NO6S/c20-16-10-11-18(25-16,26-15-4-2-1-3-5-15)17(21)24-12-13-6-8-14(9-7-13)19(22)23/h1-9H,10-12H2. The van der Waals surface area contributed by atoms with Gasteiger partial charge < -0.3 is 9.47 Å². The molecule has 0 N–H and O–H groups in total. The Morgan fingerprint density at radius 3 is 2.46 bits per heavy atom. The average molecular weight is 373 g/mol. The van der Waals surface area contributed by atoms with Gasteiger partial charge in [-0.3, -0.25) is 14.9 Å². The third-order valence-electron chi connectivity index (χ3n) is 3.79. The number of ether oxygens (including phenoxy) is 2. The van der Waals surface area contributed by atoms with Crippen LogP contribution in [0.25, 0.3) is 0 Å². The van der Waals surface area contributed by atoms with E-state index in [2.05, 4.69) is 0 Å². The molecule has 1 aliphatic rings. The van der Waals surface area contributed by atoms with Crippen molar-refractivity contribution in [2.24, 2.45) is 0 Å². The zero-order valence-corrected chi connectivity index (χ0v) is 14.4. The Hall–Kier alpha value is -2.87. The molecular weight excluding hydrogens is 358 g/mol. The molecule has 26 heavy (non-hydrogen) atoms. The summed E-state index contributed by atoms with van der Waals surface area (Å²) in [6.07, 6.45) is 0.372. The van der Waals surface area contributed by atoms with Gasteiger partial charge >= 0.3 is 11.9 Å². The zero-order chi connectivity index (χ0) is 18.6. The first-order valence-corrected chi connectivity index (χ1v) is 8.67. The Balaban J connectivity index is 1.70. The Morgan fingerprint density at radius 1 is 1.19 bits per heavy atom. The van der Waals surface area contributed by atoms with E-state index >= 15 is 0 Å². The maximum Gasteiger partial charge on any atom is 0.362 e. The molecule has 8 heteroatoms. The topological polar surface area (TPSA) is 95.7 Å². The van der Waals surface area contributed by atoms with Crippen molar-refractivity contribution in [1.29, 1.82) is 0 Å². The number of nitrogens with zero attached hydrogens (tertiary/aromatic N) is 1. The fourth-order valence-electron chi connectivity index (χ4n) is 2.46. The summed E-state index contributed by atoms with van der Waals surface area (Å²) in [6, 6.07) is 14.9.